The Balaban J connectivity index is 1.96. The van der Waals surface area contributed by atoms with E-state index in [4.69, 9.17) is 14.2 Å². The van der Waals surface area contributed by atoms with Crippen molar-refractivity contribution in [2.45, 2.75) is 11.8 Å². The number of amides is 2. The van der Waals surface area contributed by atoms with Gasteiger partial charge in [0, 0.05) is 14.9 Å². The molecular formula is C19H21BrN2O5S. The predicted octanol–water partition coefficient (Wildman–Crippen LogP) is 3.34. The van der Waals surface area contributed by atoms with Crippen LogP contribution in [-0.2, 0) is 4.79 Å². The SMILES string of the molecule is COc1cc(C(=O)NNC(=O)CSc2ccc(Br)cc2C)cc(OC)c1OC. The number of hydrazine groups is 1. The second-order valence-electron chi connectivity index (χ2n) is 5.61. The first-order chi connectivity index (χ1) is 13.4. The minimum atomic E-state index is -0.502. The highest BCUT2D eigenvalue weighted by molar-refractivity contribution is 9.10. The number of halogens is 1. The Morgan fingerprint density at radius 3 is 2.18 bits per heavy atom. The molecule has 0 aromatic heterocycles. The van der Waals surface area contributed by atoms with Crippen molar-refractivity contribution in [3.05, 3.63) is 45.9 Å². The lowest BCUT2D eigenvalue weighted by molar-refractivity contribution is -0.119. The second-order valence-corrected chi connectivity index (χ2v) is 7.55. The lowest BCUT2D eigenvalue weighted by atomic mass is 10.1. The van der Waals surface area contributed by atoms with Crippen LogP contribution in [0.25, 0.3) is 0 Å². The lowest BCUT2D eigenvalue weighted by Crippen LogP contribution is -2.42. The fourth-order valence-electron chi connectivity index (χ4n) is 2.36. The number of carbonyl (C=O) groups is 2. The van der Waals surface area contributed by atoms with Crippen LogP contribution in [0.15, 0.2) is 39.7 Å². The molecule has 2 aromatic rings. The van der Waals surface area contributed by atoms with E-state index >= 15 is 0 Å². The quantitative estimate of drug-likeness (QED) is 0.478. The molecule has 9 heteroatoms. The van der Waals surface area contributed by atoms with Crippen molar-refractivity contribution in [1.82, 2.24) is 10.9 Å². The minimum Gasteiger partial charge on any atom is -0.493 e. The van der Waals surface area contributed by atoms with Crippen LogP contribution < -0.4 is 25.1 Å². The largest absolute Gasteiger partial charge is 0.493 e. The number of aryl methyl sites for hydroxylation is 1. The number of methoxy groups -OCH3 is 3. The van der Waals surface area contributed by atoms with Crippen molar-refractivity contribution in [1.29, 1.82) is 0 Å². The maximum Gasteiger partial charge on any atom is 0.269 e. The zero-order valence-electron chi connectivity index (χ0n) is 15.9. The number of hydrogen-bond acceptors (Lipinski definition) is 6. The van der Waals surface area contributed by atoms with Crippen molar-refractivity contribution >= 4 is 39.5 Å². The molecule has 2 amide bonds. The summed E-state index contributed by atoms with van der Waals surface area (Å²) < 4.78 is 16.7. The topological polar surface area (TPSA) is 85.9 Å². The number of rotatable bonds is 7. The summed E-state index contributed by atoms with van der Waals surface area (Å²) >= 11 is 4.79. The van der Waals surface area contributed by atoms with Crippen molar-refractivity contribution in [2.24, 2.45) is 0 Å². The van der Waals surface area contributed by atoms with E-state index in [1.54, 1.807) is 0 Å². The van der Waals surface area contributed by atoms with Crippen molar-refractivity contribution in [3.8, 4) is 17.2 Å². The molecule has 0 aliphatic carbocycles. The summed E-state index contributed by atoms with van der Waals surface area (Å²) in [5, 5.41) is 0. The minimum absolute atomic E-state index is 0.165. The van der Waals surface area contributed by atoms with Gasteiger partial charge in [-0.3, -0.25) is 20.4 Å². The average Bonchev–Trinajstić information content (AvgIpc) is 2.69. The number of ether oxygens (including phenoxy) is 3. The number of nitrogens with one attached hydrogen (secondary N) is 2. The second kappa shape index (κ2) is 10.2. The molecule has 150 valence electrons. The Morgan fingerprint density at radius 1 is 1.00 bits per heavy atom. The summed E-state index contributed by atoms with van der Waals surface area (Å²) in [4.78, 5) is 25.4. The zero-order chi connectivity index (χ0) is 20.7. The van der Waals surface area contributed by atoms with Gasteiger partial charge in [-0.1, -0.05) is 15.9 Å². The van der Waals surface area contributed by atoms with Gasteiger partial charge in [-0.25, -0.2) is 0 Å². The molecule has 2 rings (SSSR count). The third kappa shape index (κ3) is 5.56. The van der Waals surface area contributed by atoms with Gasteiger partial charge < -0.3 is 14.2 Å². The molecule has 0 radical (unpaired) electrons. The highest BCUT2D eigenvalue weighted by atomic mass is 79.9. The third-order valence-electron chi connectivity index (χ3n) is 3.74. The van der Waals surface area contributed by atoms with E-state index < -0.39 is 5.91 Å². The number of hydrogen-bond donors (Lipinski definition) is 2. The Kier molecular flexibility index (Phi) is 8.01. The van der Waals surface area contributed by atoms with E-state index in [9.17, 15) is 9.59 Å². The summed E-state index contributed by atoms with van der Waals surface area (Å²) in [7, 11) is 4.40. The third-order valence-corrected chi connectivity index (χ3v) is 5.41. The molecule has 0 unspecified atom stereocenters. The number of carbonyl (C=O) groups excluding carboxylic acids is 2. The highest BCUT2D eigenvalue weighted by Crippen LogP contribution is 2.38. The summed E-state index contributed by atoms with van der Waals surface area (Å²) in [6.07, 6.45) is 0. The number of benzene rings is 2. The molecule has 7 nitrogen and oxygen atoms in total. The monoisotopic (exact) mass is 468 g/mol. The van der Waals surface area contributed by atoms with E-state index in [0.29, 0.717) is 17.2 Å². The average molecular weight is 469 g/mol. The first-order valence-corrected chi connectivity index (χ1v) is 9.95. The molecule has 0 aliphatic heterocycles. The van der Waals surface area contributed by atoms with E-state index in [0.717, 1.165) is 14.9 Å². The molecule has 28 heavy (non-hydrogen) atoms. The lowest BCUT2D eigenvalue weighted by Gasteiger charge is -2.14. The van der Waals surface area contributed by atoms with Gasteiger partial charge in [-0.05, 0) is 42.8 Å². The molecule has 0 saturated heterocycles. The van der Waals surface area contributed by atoms with Crippen LogP contribution in [0.5, 0.6) is 17.2 Å². The maximum absolute atomic E-state index is 12.4. The zero-order valence-corrected chi connectivity index (χ0v) is 18.3. The van der Waals surface area contributed by atoms with Crippen molar-refractivity contribution < 1.29 is 23.8 Å². The Hall–Kier alpha value is -2.39. The Bertz CT molecular complexity index is 850. The van der Waals surface area contributed by atoms with Crippen LogP contribution >= 0.6 is 27.7 Å². The standard InChI is InChI=1S/C19H21BrN2O5S/c1-11-7-13(20)5-6-16(11)28-10-17(23)21-22-19(24)12-8-14(25-2)18(27-4)15(9-12)26-3/h5-9H,10H2,1-4H3,(H,21,23)(H,22,24). The Morgan fingerprint density at radius 2 is 1.64 bits per heavy atom. The van der Waals surface area contributed by atoms with Crippen LogP contribution in [0.3, 0.4) is 0 Å². The smallest absolute Gasteiger partial charge is 0.269 e. The summed E-state index contributed by atoms with van der Waals surface area (Å²) in [6.45, 7) is 1.97. The highest BCUT2D eigenvalue weighted by Gasteiger charge is 2.17. The molecule has 0 bridgehead atoms. The summed E-state index contributed by atoms with van der Waals surface area (Å²) in [6, 6.07) is 8.84. The molecule has 2 aromatic carbocycles. The van der Waals surface area contributed by atoms with E-state index in [1.165, 1.54) is 45.2 Å². The van der Waals surface area contributed by atoms with E-state index in [1.807, 2.05) is 25.1 Å². The molecule has 0 spiro atoms. The van der Waals surface area contributed by atoms with Crippen LogP contribution in [0.1, 0.15) is 15.9 Å². The van der Waals surface area contributed by atoms with Gasteiger partial charge in [-0.15, -0.1) is 11.8 Å². The van der Waals surface area contributed by atoms with Crippen LogP contribution in [-0.4, -0.2) is 38.9 Å². The maximum atomic E-state index is 12.4. The van der Waals surface area contributed by atoms with Gasteiger partial charge in [-0.2, -0.15) is 0 Å². The van der Waals surface area contributed by atoms with E-state index in [2.05, 4.69) is 26.8 Å². The molecule has 0 aliphatic rings. The fourth-order valence-corrected chi connectivity index (χ4v) is 3.65. The van der Waals surface area contributed by atoms with Gasteiger partial charge in [0.25, 0.3) is 5.91 Å². The van der Waals surface area contributed by atoms with Gasteiger partial charge in [0.2, 0.25) is 11.7 Å². The van der Waals surface area contributed by atoms with Gasteiger partial charge in [0.1, 0.15) is 0 Å². The first-order valence-electron chi connectivity index (χ1n) is 8.17. The van der Waals surface area contributed by atoms with Gasteiger partial charge >= 0.3 is 0 Å². The predicted molar refractivity (Wildman–Crippen MR) is 111 cm³/mol. The molecule has 2 N–H and O–H groups in total. The Labute approximate surface area is 176 Å². The van der Waals surface area contributed by atoms with Crippen molar-refractivity contribution in [2.75, 3.05) is 27.1 Å². The first kappa shape index (κ1) is 21.9. The summed E-state index contributed by atoms with van der Waals surface area (Å²) in [5.74, 6) is 0.412. The van der Waals surface area contributed by atoms with Crippen LogP contribution in [0.2, 0.25) is 0 Å². The molecular weight excluding hydrogens is 448 g/mol. The van der Waals surface area contributed by atoms with Gasteiger partial charge in [0.15, 0.2) is 11.5 Å². The van der Waals surface area contributed by atoms with Crippen LogP contribution in [0, 0.1) is 6.92 Å². The van der Waals surface area contributed by atoms with Crippen molar-refractivity contribution in [3.63, 3.8) is 0 Å². The normalized spacial score (nSPS) is 10.2. The molecule has 0 atom stereocenters. The number of thioether (sulfide) groups is 1. The van der Waals surface area contributed by atoms with E-state index in [-0.39, 0.29) is 17.2 Å². The molecule has 0 heterocycles. The van der Waals surface area contributed by atoms with Gasteiger partial charge in [0.05, 0.1) is 27.1 Å². The summed E-state index contributed by atoms with van der Waals surface area (Å²) in [5.41, 5.74) is 6.11. The fraction of sp³-hybridized carbons (Fsp3) is 0.263. The molecule has 0 fully saturated rings. The van der Waals surface area contributed by atoms with Crippen LogP contribution in [0.4, 0.5) is 0 Å². The molecule has 0 saturated carbocycles.